The molecule has 0 saturated carbocycles. The lowest BCUT2D eigenvalue weighted by atomic mass is 10.1. The van der Waals surface area contributed by atoms with Crippen molar-refractivity contribution < 1.29 is 13.9 Å². The van der Waals surface area contributed by atoms with Crippen molar-refractivity contribution in [2.45, 2.75) is 12.8 Å². The SMILES string of the molecule is Oc1cc(C(F)F)ccc1N1CCCNCC1. The van der Waals surface area contributed by atoms with Crippen molar-refractivity contribution in [3.05, 3.63) is 23.8 Å². The molecule has 94 valence electrons. The number of anilines is 1. The van der Waals surface area contributed by atoms with E-state index in [1.54, 1.807) is 6.07 Å². The van der Waals surface area contributed by atoms with Crippen LogP contribution in [0.15, 0.2) is 18.2 Å². The van der Waals surface area contributed by atoms with Gasteiger partial charge >= 0.3 is 0 Å². The van der Waals surface area contributed by atoms with Crippen LogP contribution in [0.4, 0.5) is 14.5 Å². The van der Waals surface area contributed by atoms with E-state index in [9.17, 15) is 13.9 Å². The quantitative estimate of drug-likeness (QED) is 0.834. The van der Waals surface area contributed by atoms with E-state index in [-0.39, 0.29) is 11.3 Å². The first-order chi connectivity index (χ1) is 8.18. The summed E-state index contributed by atoms with van der Waals surface area (Å²) in [4.78, 5) is 2.02. The summed E-state index contributed by atoms with van der Waals surface area (Å²) in [6.07, 6.45) is -1.56. The highest BCUT2D eigenvalue weighted by Gasteiger charge is 2.15. The van der Waals surface area contributed by atoms with Crippen LogP contribution in [0.1, 0.15) is 18.4 Å². The van der Waals surface area contributed by atoms with E-state index in [2.05, 4.69) is 5.32 Å². The second-order valence-electron chi connectivity index (χ2n) is 4.14. The lowest BCUT2D eigenvalue weighted by Gasteiger charge is -2.23. The Labute approximate surface area is 99.1 Å². The number of rotatable bonds is 2. The van der Waals surface area contributed by atoms with E-state index in [1.165, 1.54) is 6.07 Å². The molecular weight excluding hydrogens is 226 g/mol. The minimum Gasteiger partial charge on any atom is -0.506 e. The molecule has 0 spiro atoms. The van der Waals surface area contributed by atoms with E-state index in [4.69, 9.17) is 0 Å². The Morgan fingerprint density at radius 2 is 2.06 bits per heavy atom. The van der Waals surface area contributed by atoms with Crippen molar-refractivity contribution in [2.24, 2.45) is 0 Å². The fraction of sp³-hybridized carbons (Fsp3) is 0.500. The first-order valence-electron chi connectivity index (χ1n) is 5.75. The number of hydrogen-bond acceptors (Lipinski definition) is 3. The number of nitrogens with zero attached hydrogens (tertiary/aromatic N) is 1. The summed E-state index contributed by atoms with van der Waals surface area (Å²) in [5.74, 6) is -0.0651. The summed E-state index contributed by atoms with van der Waals surface area (Å²) in [5.41, 5.74) is 0.497. The molecule has 0 aromatic heterocycles. The molecule has 0 amide bonds. The number of phenolic OH excluding ortho intramolecular Hbond substituents is 1. The summed E-state index contributed by atoms with van der Waals surface area (Å²) in [6.45, 7) is 3.40. The number of alkyl halides is 2. The van der Waals surface area contributed by atoms with E-state index in [1.807, 2.05) is 4.90 Å². The van der Waals surface area contributed by atoms with E-state index < -0.39 is 6.43 Å². The molecule has 1 saturated heterocycles. The predicted molar refractivity (Wildman–Crippen MR) is 62.8 cm³/mol. The first-order valence-corrected chi connectivity index (χ1v) is 5.75. The van der Waals surface area contributed by atoms with Crippen LogP contribution in [-0.2, 0) is 0 Å². The van der Waals surface area contributed by atoms with Gasteiger partial charge in [0.1, 0.15) is 5.75 Å². The molecule has 0 aliphatic carbocycles. The first kappa shape index (κ1) is 12.1. The minimum atomic E-state index is -2.54. The Morgan fingerprint density at radius 3 is 2.76 bits per heavy atom. The molecule has 2 N–H and O–H groups in total. The minimum absolute atomic E-state index is 0.0651. The third-order valence-electron chi connectivity index (χ3n) is 2.93. The van der Waals surface area contributed by atoms with Crippen LogP contribution in [0.2, 0.25) is 0 Å². The van der Waals surface area contributed by atoms with E-state index >= 15 is 0 Å². The summed E-state index contributed by atoms with van der Waals surface area (Å²) in [6, 6.07) is 4.10. The van der Waals surface area contributed by atoms with Crippen LogP contribution in [0.3, 0.4) is 0 Å². The van der Waals surface area contributed by atoms with Gasteiger partial charge in [0.25, 0.3) is 6.43 Å². The lowest BCUT2D eigenvalue weighted by Crippen LogP contribution is -2.27. The van der Waals surface area contributed by atoms with Crippen molar-refractivity contribution in [1.29, 1.82) is 0 Å². The third kappa shape index (κ3) is 2.85. The predicted octanol–water partition coefficient (Wildman–Crippen LogP) is 2.13. The largest absolute Gasteiger partial charge is 0.506 e. The van der Waals surface area contributed by atoms with Crippen molar-refractivity contribution in [3.63, 3.8) is 0 Å². The number of phenols is 1. The summed E-state index contributed by atoms with van der Waals surface area (Å²) < 4.78 is 24.9. The fourth-order valence-corrected chi connectivity index (χ4v) is 2.03. The average Bonchev–Trinajstić information content (AvgIpc) is 2.57. The molecule has 1 aliphatic rings. The molecule has 0 radical (unpaired) electrons. The van der Waals surface area contributed by atoms with Gasteiger partial charge in [-0.2, -0.15) is 0 Å². The van der Waals surface area contributed by atoms with Crippen molar-refractivity contribution >= 4 is 5.69 Å². The van der Waals surface area contributed by atoms with Crippen molar-refractivity contribution in [1.82, 2.24) is 5.32 Å². The van der Waals surface area contributed by atoms with Crippen molar-refractivity contribution in [2.75, 3.05) is 31.1 Å². The standard InChI is InChI=1S/C12H16F2N2O/c13-12(14)9-2-3-10(11(17)8-9)16-6-1-4-15-5-7-16/h2-3,8,12,15,17H,1,4-7H2. The van der Waals surface area contributed by atoms with Gasteiger partial charge in [0.2, 0.25) is 0 Å². The van der Waals surface area contributed by atoms with Crippen LogP contribution in [-0.4, -0.2) is 31.3 Å². The maximum absolute atomic E-state index is 12.5. The molecule has 2 rings (SSSR count). The lowest BCUT2D eigenvalue weighted by molar-refractivity contribution is 0.151. The second kappa shape index (κ2) is 5.31. The van der Waals surface area contributed by atoms with Crippen LogP contribution in [0.25, 0.3) is 0 Å². The molecule has 5 heteroatoms. The summed E-state index contributed by atoms with van der Waals surface area (Å²) >= 11 is 0. The molecule has 0 unspecified atom stereocenters. The van der Waals surface area contributed by atoms with Gasteiger partial charge in [-0.1, -0.05) is 6.07 Å². The Bertz CT molecular complexity index is 377. The molecule has 0 atom stereocenters. The van der Waals surface area contributed by atoms with Gasteiger partial charge in [-0.25, -0.2) is 8.78 Å². The smallest absolute Gasteiger partial charge is 0.263 e. The third-order valence-corrected chi connectivity index (χ3v) is 2.93. The van der Waals surface area contributed by atoms with E-state index in [0.717, 1.165) is 38.7 Å². The normalized spacial score (nSPS) is 17.2. The maximum atomic E-state index is 12.5. The number of nitrogens with one attached hydrogen (secondary N) is 1. The molecule has 1 aromatic rings. The molecule has 1 fully saturated rings. The molecule has 0 bridgehead atoms. The monoisotopic (exact) mass is 242 g/mol. The van der Waals surface area contributed by atoms with Crippen LogP contribution in [0.5, 0.6) is 5.75 Å². The number of benzene rings is 1. The van der Waals surface area contributed by atoms with Crippen LogP contribution in [0, 0.1) is 0 Å². The van der Waals surface area contributed by atoms with Gasteiger partial charge in [-0.05, 0) is 25.1 Å². The average molecular weight is 242 g/mol. The maximum Gasteiger partial charge on any atom is 0.263 e. The topological polar surface area (TPSA) is 35.5 Å². The number of aromatic hydroxyl groups is 1. The summed E-state index contributed by atoms with van der Waals surface area (Å²) in [5, 5.41) is 13.0. The Morgan fingerprint density at radius 1 is 1.24 bits per heavy atom. The van der Waals surface area contributed by atoms with Gasteiger partial charge in [0, 0.05) is 25.2 Å². The zero-order valence-electron chi connectivity index (χ0n) is 9.50. The molecule has 1 aromatic carbocycles. The Hall–Kier alpha value is -1.36. The van der Waals surface area contributed by atoms with E-state index in [0.29, 0.717) is 5.69 Å². The highest BCUT2D eigenvalue weighted by Crippen LogP contribution is 2.32. The Kier molecular flexibility index (Phi) is 3.78. The highest BCUT2D eigenvalue weighted by atomic mass is 19.3. The van der Waals surface area contributed by atoms with Gasteiger partial charge in [0.05, 0.1) is 5.69 Å². The summed E-state index contributed by atoms with van der Waals surface area (Å²) in [7, 11) is 0. The number of halogens is 2. The highest BCUT2D eigenvalue weighted by molar-refractivity contribution is 5.59. The molecular formula is C12H16F2N2O. The Balaban J connectivity index is 2.19. The van der Waals surface area contributed by atoms with Gasteiger partial charge in [-0.15, -0.1) is 0 Å². The van der Waals surface area contributed by atoms with Crippen LogP contribution >= 0.6 is 0 Å². The molecule has 1 aliphatic heterocycles. The van der Waals surface area contributed by atoms with Crippen LogP contribution < -0.4 is 10.2 Å². The second-order valence-corrected chi connectivity index (χ2v) is 4.14. The van der Waals surface area contributed by atoms with Gasteiger partial charge in [0.15, 0.2) is 0 Å². The molecule has 17 heavy (non-hydrogen) atoms. The molecule has 1 heterocycles. The van der Waals surface area contributed by atoms with Gasteiger partial charge in [-0.3, -0.25) is 0 Å². The zero-order valence-corrected chi connectivity index (χ0v) is 9.50. The number of hydrogen-bond donors (Lipinski definition) is 2. The fourth-order valence-electron chi connectivity index (χ4n) is 2.03. The van der Waals surface area contributed by atoms with Crippen molar-refractivity contribution in [3.8, 4) is 5.75 Å². The zero-order chi connectivity index (χ0) is 12.3. The van der Waals surface area contributed by atoms with Gasteiger partial charge < -0.3 is 15.3 Å². The molecule has 3 nitrogen and oxygen atoms in total.